The molecule has 2 bridgehead atoms. The van der Waals surface area contributed by atoms with E-state index in [1.165, 1.54) is 24.8 Å². The largest absolute Gasteiger partial charge is 0.483 e. The molecule has 2 fully saturated rings. The zero-order chi connectivity index (χ0) is 25.8. The lowest BCUT2D eigenvalue weighted by atomic mass is 9.82. The molecule has 3 N–H and O–H groups in total. The van der Waals surface area contributed by atoms with Crippen molar-refractivity contribution >= 4 is 23.3 Å². The average molecular weight is 501 g/mol. The Morgan fingerprint density at radius 1 is 1.14 bits per heavy atom. The van der Waals surface area contributed by atoms with Crippen molar-refractivity contribution in [2.45, 2.75) is 56.8 Å². The molecule has 2 aromatic heterocycles. The van der Waals surface area contributed by atoms with E-state index in [0.29, 0.717) is 17.8 Å². The third-order valence-electron chi connectivity index (χ3n) is 7.61. The van der Waals surface area contributed by atoms with E-state index in [-0.39, 0.29) is 18.4 Å². The van der Waals surface area contributed by atoms with E-state index in [1.54, 1.807) is 0 Å². The molecule has 6 rings (SSSR count). The van der Waals surface area contributed by atoms with E-state index in [4.69, 9.17) is 9.90 Å². The van der Waals surface area contributed by atoms with Gasteiger partial charge >= 0.3 is 0 Å². The molecule has 0 spiro atoms. The smallest absolute Gasteiger partial charge is 0.290 e. The molecule has 0 aliphatic carbocycles. The van der Waals surface area contributed by atoms with Gasteiger partial charge in [0.1, 0.15) is 0 Å². The Morgan fingerprint density at radius 2 is 1.86 bits per heavy atom. The fourth-order valence-corrected chi connectivity index (χ4v) is 5.72. The van der Waals surface area contributed by atoms with E-state index < -0.39 is 0 Å². The second-order valence-electron chi connectivity index (χ2n) is 9.90. The van der Waals surface area contributed by atoms with Crippen LogP contribution in [0.15, 0.2) is 60.9 Å². The monoisotopic (exact) mass is 500 g/mol. The van der Waals surface area contributed by atoms with Gasteiger partial charge in [0.15, 0.2) is 5.69 Å². The van der Waals surface area contributed by atoms with Crippen LogP contribution in [0.4, 0.5) is 0 Å². The van der Waals surface area contributed by atoms with Crippen molar-refractivity contribution in [3.8, 4) is 11.1 Å². The van der Waals surface area contributed by atoms with E-state index in [9.17, 15) is 4.79 Å². The molecule has 2 aromatic carbocycles. The number of nitrogens with zero attached hydrogens (tertiary/aromatic N) is 4. The summed E-state index contributed by atoms with van der Waals surface area (Å²) in [6.45, 7) is 0.473. The summed E-state index contributed by atoms with van der Waals surface area (Å²) in [5.41, 5.74) is 4.59. The zero-order valence-electron chi connectivity index (χ0n) is 20.9. The Labute approximate surface area is 215 Å². The van der Waals surface area contributed by atoms with Crippen molar-refractivity contribution in [3.63, 3.8) is 0 Å². The number of rotatable bonds is 5. The summed E-state index contributed by atoms with van der Waals surface area (Å²) >= 11 is 0. The Morgan fingerprint density at radius 3 is 2.59 bits per heavy atom. The van der Waals surface area contributed by atoms with Crippen LogP contribution < -0.4 is 5.32 Å². The van der Waals surface area contributed by atoms with Gasteiger partial charge in [-0.15, -0.1) is 0 Å². The van der Waals surface area contributed by atoms with E-state index in [0.717, 1.165) is 41.4 Å². The third-order valence-corrected chi connectivity index (χ3v) is 7.61. The number of aromatic amines is 1. The summed E-state index contributed by atoms with van der Waals surface area (Å²) in [4.78, 5) is 24.1. The molecule has 9 heteroatoms. The van der Waals surface area contributed by atoms with Crippen LogP contribution in [-0.2, 0) is 11.3 Å². The SMILES string of the molecule is CN1C2CCCC1CC(NC(=O)c1n[nH]c3ccc(-c4cnn(Cc5ccccc5)c4)cc13)C2.O=CO. The number of fused-ring (bicyclic) bond motifs is 3. The molecule has 4 heterocycles. The maximum Gasteiger partial charge on any atom is 0.290 e. The minimum atomic E-state index is -0.250. The number of aromatic nitrogens is 4. The van der Waals surface area contributed by atoms with Crippen molar-refractivity contribution < 1.29 is 14.7 Å². The first kappa shape index (κ1) is 24.7. The van der Waals surface area contributed by atoms with E-state index in [1.807, 2.05) is 53.5 Å². The van der Waals surface area contributed by atoms with Crippen LogP contribution in [0.5, 0.6) is 0 Å². The summed E-state index contributed by atoms with van der Waals surface area (Å²) in [5.74, 6) is -0.0872. The number of hydrogen-bond acceptors (Lipinski definition) is 5. The number of carbonyl (C=O) groups excluding carboxylic acids is 1. The van der Waals surface area contributed by atoms with Crippen molar-refractivity contribution in [2.24, 2.45) is 0 Å². The molecule has 1 amide bonds. The molecule has 9 nitrogen and oxygen atoms in total. The number of piperidine rings is 2. The average Bonchev–Trinajstić information content (AvgIpc) is 3.52. The van der Waals surface area contributed by atoms with Gasteiger partial charge in [-0.25, -0.2) is 0 Å². The van der Waals surface area contributed by atoms with E-state index >= 15 is 0 Å². The molecular formula is C28H32N6O3. The Kier molecular flexibility index (Phi) is 7.32. The first-order valence-electron chi connectivity index (χ1n) is 12.7. The Balaban J connectivity index is 0.000000892. The highest BCUT2D eigenvalue weighted by molar-refractivity contribution is 6.05. The molecule has 2 aliphatic rings. The van der Waals surface area contributed by atoms with Crippen molar-refractivity contribution in [1.29, 1.82) is 0 Å². The summed E-state index contributed by atoms with van der Waals surface area (Å²) in [5, 5.41) is 23.0. The number of hydrogen-bond donors (Lipinski definition) is 3. The van der Waals surface area contributed by atoms with Crippen LogP contribution in [0.1, 0.15) is 48.2 Å². The fraction of sp³-hybridized carbons (Fsp3) is 0.357. The topological polar surface area (TPSA) is 116 Å². The zero-order valence-corrected chi connectivity index (χ0v) is 20.9. The molecule has 0 saturated carbocycles. The highest BCUT2D eigenvalue weighted by atomic mass is 16.3. The van der Waals surface area contributed by atoms with Crippen molar-refractivity contribution in [2.75, 3.05) is 7.05 Å². The minimum absolute atomic E-state index is 0.0872. The molecule has 37 heavy (non-hydrogen) atoms. The second-order valence-corrected chi connectivity index (χ2v) is 9.90. The highest BCUT2D eigenvalue weighted by Crippen LogP contribution is 2.33. The van der Waals surface area contributed by atoms with Crippen LogP contribution in [0.25, 0.3) is 22.0 Å². The van der Waals surface area contributed by atoms with E-state index in [2.05, 4.69) is 44.7 Å². The van der Waals surface area contributed by atoms with Crippen LogP contribution in [0.3, 0.4) is 0 Å². The molecule has 2 saturated heterocycles. The van der Waals surface area contributed by atoms with Gasteiger partial charge in [0.05, 0.1) is 18.3 Å². The molecule has 4 aromatic rings. The molecular weight excluding hydrogens is 468 g/mol. The lowest BCUT2D eigenvalue weighted by molar-refractivity contribution is -0.122. The van der Waals surface area contributed by atoms with Gasteiger partial charge in [-0.05, 0) is 56.0 Å². The van der Waals surface area contributed by atoms with Gasteiger partial charge in [-0.3, -0.25) is 19.4 Å². The summed E-state index contributed by atoms with van der Waals surface area (Å²) in [7, 11) is 2.23. The summed E-state index contributed by atoms with van der Waals surface area (Å²) in [6.07, 6.45) is 9.72. The lowest BCUT2D eigenvalue weighted by Crippen LogP contribution is -2.55. The van der Waals surface area contributed by atoms with Gasteiger partial charge < -0.3 is 15.3 Å². The van der Waals surface area contributed by atoms with Crippen molar-refractivity contribution in [1.82, 2.24) is 30.2 Å². The van der Waals surface area contributed by atoms with Crippen LogP contribution in [-0.4, -0.2) is 67.5 Å². The number of amides is 1. The fourth-order valence-electron chi connectivity index (χ4n) is 5.72. The third kappa shape index (κ3) is 5.41. The van der Waals surface area contributed by atoms with Crippen LogP contribution in [0.2, 0.25) is 0 Å². The molecule has 2 unspecified atom stereocenters. The second kappa shape index (κ2) is 11.0. The van der Waals surface area contributed by atoms with Crippen molar-refractivity contribution in [3.05, 3.63) is 72.2 Å². The van der Waals surface area contributed by atoms with Gasteiger partial charge in [0, 0.05) is 35.3 Å². The number of nitrogens with one attached hydrogen (secondary N) is 2. The van der Waals surface area contributed by atoms with Gasteiger partial charge in [-0.1, -0.05) is 42.8 Å². The number of benzene rings is 2. The van der Waals surface area contributed by atoms with Crippen LogP contribution in [0, 0.1) is 0 Å². The number of carbonyl (C=O) groups is 2. The maximum atomic E-state index is 13.2. The quantitative estimate of drug-likeness (QED) is 0.358. The minimum Gasteiger partial charge on any atom is -0.483 e. The predicted molar refractivity (Wildman–Crippen MR) is 141 cm³/mol. The van der Waals surface area contributed by atoms with Crippen LogP contribution >= 0.6 is 0 Å². The number of H-pyrrole nitrogens is 1. The molecule has 192 valence electrons. The first-order valence-corrected chi connectivity index (χ1v) is 12.7. The normalized spacial score (nSPS) is 21.2. The summed E-state index contributed by atoms with van der Waals surface area (Å²) in [6, 6.07) is 17.7. The van der Waals surface area contributed by atoms with Gasteiger partial charge in [0.2, 0.25) is 0 Å². The lowest BCUT2D eigenvalue weighted by Gasteiger charge is -2.47. The van der Waals surface area contributed by atoms with Gasteiger partial charge in [0.25, 0.3) is 12.4 Å². The number of carboxylic acid groups (broad SMARTS) is 1. The Hall–Kier alpha value is -3.98. The highest BCUT2D eigenvalue weighted by Gasteiger charge is 2.36. The maximum absolute atomic E-state index is 13.2. The molecule has 2 atom stereocenters. The molecule has 2 aliphatic heterocycles. The first-order chi connectivity index (χ1) is 18.1. The molecule has 0 radical (unpaired) electrons. The predicted octanol–water partition coefficient (Wildman–Crippen LogP) is 3.92. The standard InChI is InChI=1S/C27H30N6O.CH2O2/c1-32-22-8-5-9-23(32)14-21(13-22)29-27(34)26-24-12-19(10-11-25(24)30-31-26)20-15-28-33(17-20)16-18-6-3-2-4-7-18;2-1-3/h2-4,6-7,10-12,15,17,21-23H,5,8-9,13-14,16H2,1H3,(H,29,34)(H,30,31);1H,(H,2,3). The van der Waals surface area contributed by atoms with Gasteiger partial charge in [-0.2, -0.15) is 10.2 Å². The summed E-state index contributed by atoms with van der Waals surface area (Å²) < 4.78 is 1.94. The Bertz CT molecular complexity index is 1350.